The molecule has 8 nitrogen and oxygen atoms in total. The first-order chi connectivity index (χ1) is 17.2. The zero-order valence-corrected chi connectivity index (χ0v) is 19.7. The van der Waals surface area contributed by atoms with E-state index in [1.807, 2.05) is 0 Å². The van der Waals surface area contributed by atoms with Gasteiger partial charge in [-0.15, -0.1) is 13.2 Å². The average Bonchev–Trinajstić information content (AvgIpc) is 3.35. The number of rotatable bonds is 8. The third-order valence-electron chi connectivity index (χ3n) is 5.66. The third-order valence-corrected chi connectivity index (χ3v) is 5.66. The number of nitrogens with zero attached hydrogens (tertiary/aromatic N) is 2. The highest BCUT2D eigenvalue weighted by atomic mass is 19.4. The number of halogens is 3. The molecule has 1 aromatic heterocycles. The summed E-state index contributed by atoms with van der Waals surface area (Å²) in [5.41, 5.74) is 1.54. The number of hydrogen-bond acceptors (Lipinski definition) is 8. The molecule has 0 unspecified atom stereocenters. The van der Waals surface area contributed by atoms with Gasteiger partial charge in [-0.2, -0.15) is 4.98 Å². The molecule has 1 aliphatic carbocycles. The van der Waals surface area contributed by atoms with E-state index in [0.29, 0.717) is 40.0 Å². The van der Waals surface area contributed by atoms with Crippen molar-refractivity contribution >= 4 is 23.4 Å². The number of carbonyl (C=O) groups excluding carboxylic acids is 1. The summed E-state index contributed by atoms with van der Waals surface area (Å²) in [4.78, 5) is 21.1. The van der Waals surface area contributed by atoms with Crippen LogP contribution < -0.4 is 20.1 Å². The maximum atomic E-state index is 12.7. The Morgan fingerprint density at radius 2 is 1.81 bits per heavy atom. The number of carbonyl (C=O) groups is 1. The lowest BCUT2D eigenvalue weighted by Gasteiger charge is -2.16. The highest BCUT2D eigenvalue weighted by molar-refractivity contribution is 5.91. The van der Waals surface area contributed by atoms with E-state index in [1.54, 1.807) is 30.3 Å². The minimum absolute atomic E-state index is 0.199. The summed E-state index contributed by atoms with van der Waals surface area (Å²) >= 11 is 0. The Kier molecular flexibility index (Phi) is 7.47. The Morgan fingerprint density at radius 1 is 1.03 bits per heavy atom. The SMILES string of the molecule is COC(=O)c1ccc(OC)c(Nc2cc(-c3cccc(OC(F)(F)F)c3)nc(NC3CCCC3)n2)c1. The molecule has 190 valence electrons. The van der Waals surface area contributed by atoms with Crippen LogP contribution >= 0.6 is 0 Å². The smallest absolute Gasteiger partial charge is 0.495 e. The Labute approximate surface area is 205 Å². The molecule has 1 fully saturated rings. The molecule has 0 aliphatic heterocycles. The van der Waals surface area contributed by atoms with Gasteiger partial charge in [0, 0.05) is 17.7 Å². The number of anilines is 3. The van der Waals surface area contributed by atoms with Crippen LogP contribution in [0.4, 0.5) is 30.6 Å². The van der Waals surface area contributed by atoms with Crippen LogP contribution in [0.25, 0.3) is 11.3 Å². The van der Waals surface area contributed by atoms with Crippen molar-refractivity contribution in [2.24, 2.45) is 0 Å². The second-order valence-electron chi connectivity index (χ2n) is 8.20. The first-order valence-electron chi connectivity index (χ1n) is 11.3. The number of hydrogen-bond donors (Lipinski definition) is 2. The van der Waals surface area contributed by atoms with Gasteiger partial charge in [0.2, 0.25) is 5.95 Å². The molecular weight excluding hydrogens is 477 g/mol. The van der Waals surface area contributed by atoms with Crippen molar-refractivity contribution in [2.45, 2.75) is 38.1 Å². The van der Waals surface area contributed by atoms with E-state index < -0.39 is 12.3 Å². The van der Waals surface area contributed by atoms with Crippen LogP contribution in [0.1, 0.15) is 36.0 Å². The molecule has 1 aliphatic rings. The molecule has 36 heavy (non-hydrogen) atoms. The average molecular weight is 502 g/mol. The maximum Gasteiger partial charge on any atom is 0.573 e. The van der Waals surface area contributed by atoms with Crippen molar-refractivity contribution in [2.75, 3.05) is 24.9 Å². The molecule has 0 radical (unpaired) electrons. The quantitative estimate of drug-likeness (QED) is 0.366. The fourth-order valence-electron chi connectivity index (χ4n) is 4.02. The molecule has 1 heterocycles. The zero-order valence-electron chi connectivity index (χ0n) is 19.7. The Balaban J connectivity index is 1.72. The molecule has 0 atom stereocenters. The minimum Gasteiger partial charge on any atom is -0.495 e. The number of benzene rings is 2. The van der Waals surface area contributed by atoms with Crippen molar-refractivity contribution < 1.29 is 32.2 Å². The van der Waals surface area contributed by atoms with Gasteiger partial charge in [0.25, 0.3) is 0 Å². The molecule has 0 bridgehead atoms. The van der Waals surface area contributed by atoms with Gasteiger partial charge in [-0.25, -0.2) is 9.78 Å². The lowest BCUT2D eigenvalue weighted by Crippen LogP contribution is -2.17. The molecule has 2 aromatic carbocycles. The predicted octanol–water partition coefficient (Wildman–Crippen LogP) is 5.94. The Bertz CT molecular complexity index is 1230. The number of nitrogens with one attached hydrogen (secondary N) is 2. The predicted molar refractivity (Wildman–Crippen MR) is 128 cm³/mol. The fraction of sp³-hybridized carbons (Fsp3) is 0.320. The number of esters is 1. The van der Waals surface area contributed by atoms with Gasteiger partial charge in [0.1, 0.15) is 17.3 Å². The molecule has 4 rings (SSSR count). The van der Waals surface area contributed by atoms with Crippen LogP contribution in [0.3, 0.4) is 0 Å². The normalized spacial score (nSPS) is 13.8. The minimum atomic E-state index is -4.81. The monoisotopic (exact) mass is 502 g/mol. The van der Waals surface area contributed by atoms with Gasteiger partial charge in [-0.1, -0.05) is 25.0 Å². The van der Waals surface area contributed by atoms with E-state index in [4.69, 9.17) is 9.47 Å². The Morgan fingerprint density at radius 3 is 2.50 bits per heavy atom. The largest absolute Gasteiger partial charge is 0.573 e. The van der Waals surface area contributed by atoms with E-state index in [9.17, 15) is 18.0 Å². The van der Waals surface area contributed by atoms with Gasteiger partial charge >= 0.3 is 12.3 Å². The van der Waals surface area contributed by atoms with Gasteiger partial charge in [0.05, 0.1) is 31.2 Å². The number of alkyl halides is 3. The molecule has 11 heteroatoms. The summed E-state index contributed by atoms with van der Waals surface area (Å²) in [7, 11) is 2.77. The third kappa shape index (κ3) is 6.35. The first kappa shape index (κ1) is 25.1. The number of ether oxygens (including phenoxy) is 3. The summed E-state index contributed by atoms with van der Waals surface area (Å²) in [5, 5.41) is 6.45. The number of aromatic nitrogens is 2. The van der Waals surface area contributed by atoms with Crippen molar-refractivity contribution in [1.82, 2.24) is 9.97 Å². The van der Waals surface area contributed by atoms with E-state index in [0.717, 1.165) is 25.7 Å². The van der Waals surface area contributed by atoms with Crippen molar-refractivity contribution in [1.29, 1.82) is 0 Å². The first-order valence-corrected chi connectivity index (χ1v) is 11.3. The molecule has 2 N–H and O–H groups in total. The van der Waals surface area contributed by atoms with Crippen LogP contribution in [0.2, 0.25) is 0 Å². The van der Waals surface area contributed by atoms with E-state index >= 15 is 0 Å². The van der Waals surface area contributed by atoms with Gasteiger partial charge < -0.3 is 24.8 Å². The van der Waals surface area contributed by atoms with Crippen molar-refractivity contribution in [3.8, 4) is 22.8 Å². The molecular formula is C25H25F3N4O4. The van der Waals surface area contributed by atoms with Crippen LogP contribution in [0.5, 0.6) is 11.5 Å². The van der Waals surface area contributed by atoms with Gasteiger partial charge in [0.15, 0.2) is 0 Å². The molecule has 0 amide bonds. The summed E-state index contributed by atoms with van der Waals surface area (Å²) < 4.78 is 52.5. The van der Waals surface area contributed by atoms with E-state index in [1.165, 1.54) is 32.4 Å². The zero-order chi connectivity index (χ0) is 25.7. The second kappa shape index (κ2) is 10.7. The highest BCUT2D eigenvalue weighted by Gasteiger charge is 2.31. The molecule has 3 aromatic rings. The van der Waals surface area contributed by atoms with E-state index in [2.05, 4.69) is 25.3 Å². The lowest BCUT2D eigenvalue weighted by molar-refractivity contribution is -0.274. The van der Waals surface area contributed by atoms with Crippen molar-refractivity contribution in [3.63, 3.8) is 0 Å². The van der Waals surface area contributed by atoms with Crippen molar-refractivity contribution in [3.05, 3.63) is 54.1 Å². The highest BCUT2D eigenvalue weighted by Crippen LogP contribution is 2.32. The van der Waals surface area contributed by atoms with Gasteiger partial charge in [-0.3, -0.25) is 0 Å². The summed E-state index contributed by atoms with van der Waals surface area (Å²) in [6.45, 7) is 0. The topological polar surface area (TPSA) is 94.6 Å². The van der Waals surface area contributed by atoms with Gasteiger partial charge in [-0.05, 0) is 43.2 Å². The summed E-state index contributed by atoms with van der Waals surface area (Å²) in [5.74, 6) is 0.254. The number of methoxy groups -OCH3 is 2. The fourth-order valence-corrected chi connectivity index (χ4v) is 4.02. The van der Waals surface area contributed by atoms with Crippen LogP contribution in [-0.2, 0) is 4.74 Å². The second-order valence-corrected chi connectivity index (χ2v) is 8.20. The standard InChI is InChI=1S/C25H25F3N4O4/c1-34-21-11-10-16(23(33)35-2)13-20(21)30-22-14-19(31-24(32-22)29-17-7-3-4-8-17)15-6-5-9-18(12-15)36-25(26,27)28/h5-6,9-14,17H,3-4,7-8H2,1-2H3,(H2,29,30,31,32). The van der Waals surface area contributed by atoms with Crippen LogP contribution in [-0.4, -0.2) is 42.6 Å². The molecule has 0 saturated heterocycles. The summed E-state index contributed by atoms with van der Waals surface area (Å²) in [6.07, 6.45) is -0.679. The molecule has 1 saturated carbocycles. The Hall–Kier alpha value is -4.02. The molecule has 0 spiro atoms. The summed E-state index contributed by atoms with van der Waals surface area (Å²) in [6, 6.07) is 12.1. The van der Waals surface area contributed by atoms with E-state index in [-0.39, 0.29) is 11.8 Å². The van der Waals surface area contributed by atoms with Crippen LogP contribution in [0.15, 0.2) is 48.5 Å². The lowest BCUT2D eigenvalue weighted by atomic mass is 10.1. The maximum absolute atomic E-state index is 12.7. The van der Waals surface area contributed by atoms with Crippen LogP contribution in [0, 0.1) is 0 Å².